The van der Waals surface area contributed by atoms with E-state index in [1.807, 2.05) is 25.1 Å². The molecule has 6 heteroatoms. The Labute approximate surface area is 116 Å². The third-order valence-corrected chi connectivity index (χ3v) is 2.92. The average molecular weight is 272 g/mol. The molecule has 0 saturated heterocycles. The molecular weight excluding hydrogens is 256 g/mol. The van der Waals surface area contributed by atoms with Crippen LogP contribution < -0.4 is 11.1 Å². The van der Waals surface area contributed by atoms with Gasteiger partial charge in [-0.3, -0.25) is 15.1 Å². The molecule has 1 aromatic carbocycles. The minimum absolute atomic E-state index is 0.0653. The summed E-state index contributed by atoms with van der Waals surface area (Å²) in [6, 6.07) is 5.06. The largest absolute Gasteiger partial charge is 0.381 e. The monoisotopic (exact) mass is 272 g/mol. The van der Waals surface area contributed by atoms with Gasteiger partial charge in [-0.25, -0.2) is 0 Å². The van der Waals surface area contributed by atoms with E-state index in [-0.39, 0.29) is 5.69 Å². The van der Waals surface area contributed by atoms with Crippen molar-refractivity contribution >= 4 is 22.1 Å². The molecule has 0 atom stereocenters. The van der Waals surface area contributed by atoms with Crippen molar-refractivity contribution < 1.29 is 4.92 Å². The van der Waals surface area contributed by atoms with Crippen LogP contribution in [0.4, 0.5) is 11.4 Å². The molecule has 1 heterocycles. The van der Waals surface area contributed by atoms with Crippen LogP contribution in [0.2, 0.25) is 0 Å². The molecule has 0 radical (unpaired) electrons. The molecule has 0 spiro atoms. The molecule has 6 nitrogen and oxygen atoms in total. The van der Waals surface area contributed by atoms with Crippen molar-refractivity contribution in [3.8, 4) is 0 Å². The minimum Gasteiger partial charge on any atom is -0.381 e. The van der Waals surface area contributed by atoms with Crippen molar-refractivity contribution in [3.05, 3.63) is 52.4 Å². The van der Waals surface area contributed by atoms with E-state index in [1.165, 1.54) is 6.07 Å². The number of nitrogens with one attached hydrogen (secondary N) is 1. The number of anilines is 1. The maximum Gasteiger partial charge on any atom is 0.278 e. The predicted octanol–water partition coefficient (Wildman–Crippen LogP) is 2.38. The Bertz CT molecular complexity index is 668. The second-order valence-corrected chi connectivity index (χ2v) is 4.35. The van der Waals surface area contributed by atoms with Crippen LogP contribution in [0, 0.1) is 17.0 Å². The highest BCUT2D eigenvalue weighted by Crippen LogP contribution is 2.31. The van der Waals surface area contributed by atoms with E-state index in [4.69, 9.17) is 5.73 Å². The first kappa shape index (κ1) is 14.0. The lowest BCUT2D eigenvalue weighted by Gasteiger charge is -2.09. The molecule has 1 aromatic heterocycles. The van der Waals surface area contributed by atoms with Gasteiger partial charge in [0.1, 0.15) is 0 Å². The fraction of sp³-hybridized carbons (Fsp3) is 0.214. The first-order valence-corrected chi connectivity index (χ1v) is 6.26. The summed E-state index contributed by atoms with van der Waals surface area (Å²) in [5.41, 5.74) is 7.10. The van der Waals surface area contributed by atoms with Gasteiger partial charge in [0.25, 0.3) is 5.69 Å². The molecule has 2 rings (SSSR count). The van der Waals surface area contributed by atoms with Crippen molar-refractivity contribution in [1.29, 1.82) is 0 Å². The van der Waals surface area contributed by atoms with Gasteiger partial charge in [0, 0.05) is 42.1 Å². The molecule has 2 aromatic rings. The summed E-state index contributed by atoms with van der Waals surface area (Å²) >= 11 is 0. The highest BCUT2D eigenvalue weighted by molar-refractivity contribution is 5.99. The Hall–Kier alpha value is -2.47. The molecule has 0 fully saturated rings. The molecule has 20 heavy (non-hydrogen) atoms. The predicted molar refractivity (Wildman–Crippen MR) is 79.8 cm³/mol. The number of hydrogen-bond donors (Lipinski definition) is 2. The number of nitrogens with zero attached hydrogens (tertiary/aromatic N) is 2. The van der Waals surface area contributed by atoms with E-state index >= 15 is 0 Å². The van der Waals surface area contributed by atoms with E-state index in [2.05, 4.69) is 10.3 Å². The number of hydrogen-bond acceptors (Lipinski definition) is 5. The fourth-order valence-electron chi connectivity index (χ4n) is 1.99. The smallest absolute Gasteiger partial charge is 0.278 e. The van der Waals surface area contributed by atoms with Gasteiger partial charge in [-0.1, -0.05) is 12.2 Å². The number of aryl methyl sites for hydroxylation is 1. The van der Waals surface area contributed by atoms with Gasteiger partial charge in [0.05, 0.1) is 10.3 Å². The number of nitro benzene ring substituents is 1. The molecule has 104 valence electrons. The van der Waals surface area contributed by atoms with Crippen LogP contribution in [-0.4, -0.2) is 23.0 Å². The quantitative estimate of drug-likeness (QED) is 0.495. The zero-order chi connectivity index (χ0) is 14.5. The lowest BCUT2D eigenvalue weighted by Crippen LogP contribution is -2.02. The summed E-state index contributed by atoms with van der Waals surface area (Å²) in [7, 11) is 0. The Morgan fingerprint density at radius 3 is 2.90 bits per heavy atom. The average Bonchev–Trinajstić information content (AvgIpc) is 2.43. The molecule has 0 aliphatic heterocycles. The van der Waals surface area contributed by atoms with E-state index in [1.54, 1.807) is 12.3 Å². The third kappa shape index (κ3) is 2.92. The van der Waals surface area contributed by atoms with E-state index in [0.717, 1.165) is 16.8 Å². The SMILES string of the molecule is Cc1cc2c(NC/C=C/CN)ccc([N+](=O)[O-])c2cn1. The van der Waals surface area contributed by atoms with Crippen molar-refractivity contribution in [1.82, 2.24) is 4.98 Å². The second-order valence-electron chi connectivity index (χ2n) is 4.35. The number of nitrogens with two attached hydrogens (primary N) is 1. The lowest BCUT2D eigenvalue weighted by molar-refractivity contribution is -0.383. The highest BCUT2D eigenvalue weighted by atomic mass is 16.6. The topological polar surface area (TPSA) is 94.1 Å². The Morgan fingerprint density at radius 2 is 2.20 bits per heavy atom. The van der Waals surface area contributed by atoms with Crippen molar-refractivity contribution in [2.75, 3.05) is 18.4 Å². The zero-order valence-electron chi connectivity index (χ0n) is 11.2. The van der Waals surface area contributed by atoms with Gasteiger partial charge >= 0.3 is 0 Å². The highest BCUT2D eigenvalue weighted by Gasteiger charge is 2.14. The number of benzene rings is 1. The van der Waals surface area contributed by atoms with Crippen LogP contribution in [0.1, 0.15) is 5.69 Å². The number of aromatic nitrogens is 1. The van der Waals surface area contributed by atoms with Gasteiger partial charge in [-0.15, -0.1) is 0 Å². The maximum absolute atomic E-state index is 11.0. The number of rotatable bonds is 5. The van der Waals surface area contributed by atoms with Crippen molar-refractivity contribution in [2.24, 2.45) is 5.73 Å². The van der Waals surface area contributed by atoms with Gasteiger partial charge in [0.15, 0.2) is 0 Å². The molecular formula is C14H16N4O2. The summed E-state index contributed by atoms with van der Waals surface area (Å²) in [6.07, 6.45) is 5.32. The van der Waals surface area contributed by atoms with Crippen LogP contribution in [0.25, 0.3) is 10.8 Å². The number of non-ortho nitro benzene ring substituents is 1. The van der Waals surface area contributed by atoms with Crippen LogP contribution in [0.15, 0.2) is 36.5 Å². The minimum atomic E-state index is -0.391. The Kier molecular flexibility index (Phi) is 4.27. The van der Waals surface area contributed by atoms with Gasteiger partial charge in [-0.05, 0) is 19.1 Å². The third-order valence-electron chi connectivity index (χ3n) is 2.92. The van der Waals surface area contributed by atoms with Crippen LogP contribution in [-0.2, 0) is 0 Å². The van der Waals surface area contributed by atoms with E-state index < -0.39 is 4.92 Å². The Morgan fingerprint density at radius 1 is 1.40 bits per heavy atom. The standard InChI is InChI=1S/C14H16N4O2/c1-10-8-11-12(9-17-10)14(18(19)20)5-4-13(11)16-7-3-2-6-15/h2-5,8-9,16H,6-7,15H2,1H3/b3-2+. The van der Waals surface area contributed by atoms with Gasteiger partial charge in [0.2, 0.25) is 0 Å². The zero-order valence-corrected chi connectivity index (χ0v) is 11.2. The van der Waals surface area contributed by atoms with Crippen LogP contribution in [0.5, 0.6) is 0 Å². The number of pyridine rings is 1. The van der Waals surface area contributed by atoms with E-state index in [0.29, 0.717) is 18.5 Å². The lowest BCUT2D eigenvalue weighted by atomic mass is 10.1. The second kappa shape index (κ2) is 6.12. The number of nitro groups is 1. The maximum atomic E-state index is 11.0. The summed E-state index contributed by atoms with van der Waals surface area (Å²) < 4.78 is 0. The first-order valence-electron chi connectivity index (χ1n) is 6.26. The summed E-state index contributed by atoms with van der Waals surface area (Å²) in [4.78, 5) is 14.8. The van der Waals surface area contributed by atoms with E-state index in [9.17, 15) is 10.1 Å². The molecule has 0 unspecified atom stereocenters. The van der Waals surface area contributed by atoms with Crippen LogP contribution >= 0.6 is 0 Å². The first-order chi connectivity index (χ1) is 9.63. The Balaban J connectivity index is 2.45. The fourth-order valence-corrected chi connectivity index (χ4v) is 1.99. The molecule has 3 N–H and O–H groups in total. The molecule has 0 amide bonds. The van der Waals surface area contributed by atoms with Crippen molar-refractivity contribution in [3.63, 3.8) is 0 Å². The summed E-state index contributed by atoms with van der Waals surface area (Å²) in [5.74, 6) is 0. The van der Waals surface area contributed by atoms with Gasteiger partial charge in [-0.2, -0.15) is 0 Å². The number of fused-ring (bicyclic) bond motifs is 1. The molecule has 0 aliphatic rings. The summed E-state index contributed by atoms with van der Waals surface area (Å²) in [5, 5.41) is 15.6. The molecule has 0 aliphatic carbocycles. The normalized spacial score (nSPS) is 11.1. The summed E-state index contributed by atoms with van der Waals surface area (Å²) in [6.45, 7) is 2.97. The van der Waals surface area contributed by atoms with Crippen molar-refractivity contribution in [2.45, 2.75) is 6.92 Å². The molecule has 0 saturated carbocycles. The van der Waals surface area contributed by atoms with Crippen LogP contribution in [0.3, 0.4) is 0 Å². The molecule has 0 bridgehead atoms. The van der Waals surface area contributed by atoms with Gasteiger partial charge < -0.3 is 11.1 Å².